The summed E-state index contributed by atoms with van der Waals surface area (Å²) in [5, 5.41) is 6.56. The van der Waals surface area contributed by atoms with E-state index in [1.165, 1.54) is 19.3 Å². The fraction of sp³-hybridized carbons (Fsp3) is 0.714. The van der Waals surface area contributed by atoms with Gasteiger partial charge in [0.25, 0.3) is 0 Å². The van der Waals surface area contributed by atoms with Crippen molar-refractivity contribution >= 4 is 5.95 Å². The van der Waals surface area contributed by atoms with E-state index in [1.807, 2.05) is 0 Å². The second-order valence-electron chi connectivity index (χ2n) is 3.12. The minimum absolute atomic E-state index is 0.357. The topological polar surface area (TPSA) is 67.6 Å². The van der Waals surface area contributed by atoms with Gasteiger partial charge in [-0.1, -0.05) is 12.8 Å². The van der Waals surface area contributed by atoms with Gasteiger partial charge in [-0.15, -0.1) is 5.10 Å². The van der Waals surface area contributed by atoms with E-state index < -0.39 is 0 Å². The highest BCUT2D eigenvalue weighted by Gasteiger charge is 2.20. The molecule has 0 amide bonds. The lowest BCUT2D eigenvalue weighted by Crippen LogP contribution is -1.90. The molecule has 1 aromatic rings. The summed E-state index contributed by atoms with van der Waals surface area (Å²) in [6.07, 6.45) is 5.01. The Morgan fingerprint density at radius 3 is 2.91 bits per heavy atom. The first-order chi connectivity index (χ1) is 5.34. The van der Waals surface area contributed by atoms with E-state index in [-0.39, 0.29) is 0 Å². The molecule has 4 heteroatoms. The number of rotatable bonds is 3. The number of nitrogens with one attached hydrogen (secondary N) is 1. The van der Waals surface area contributed by atoms with E-state index >= 15 is 0 Å². The molecule has 0 atom stereocenters. The summed E-state index contributed by atoms with van der Waals surface area (Å²) in [6, 6.07) is 0. The first-order valence-corrected chi connectivity index (χ1v) is 4.01. The Labute approximate surface area is 65.2 Å². The maximum absolute atomic E-state index is 5.35. The lowest BCUT2D eigenvalue weighted by molar-refractivity contribution is 0.700. The molecule has 1 saturated carbocycles. The number of H-pyrrole nitrogens is 1. The van der Waals surface area contributed by atoms with Crippen LogP contribution in [0.3, 0.4) is 0 Å². The summed E-state index contributed by atoms with van der Waals surface area (Å²) >= 11 is 0. The van der Waals surface area contributed by atoms with Crippen LogP contribution in [0, 0.1) is 5.92 Å². The number of anilines is 1. The van der Waals surface area contributed by atoms with Gasteiger partial charge in [-0.3, -0.25) is 5.10 Å². The Morgan fingerprint density at radius 1 is 1.55 bits per heavy atom. The average molecular weight is 152 g/mol. The summed E-state index contributed by atoms with van der Waals surface area (Å²) in [5.41, 5.74) is 5.35. The molecule has 2 rings (SSSR count). The summed E-state index contributed by atoms with van der Waals surface area (Å²) in [6.45, 7) is 0. The zero-order valence-corrected chi connectivity index (χ0v) is 6.38. The monoisotopic (exact) mass is 152 g/mol. The highest BCUT2D eigenvalue weighted by molar-refractivity contribution is 5.12. The predicted octanol–water partition coefficient (Wildman–Crippen LogP) is 0.729. The number of aromatic nitrogens is 3. The third-order valence-corrected chi connectivity index (χ3v) is 2.04. The number of hydrogen-bond acceptors (Lipinski definition) is 3. The third kappa shape index (κ3) is 1.69. The van der Waals surface area contributed by atoms with Crippen molar-refractivity contribution in [2.75, 3.05) is 5.73 Å². The highest BCUT2D eigenvalue weighted by atomic mass is 15.3. The summed E-state index contributed by atoms with van der Waals surface area (Å²) in [7, 11) is 0. The molecule has 0 aromatic carbocycles. The lowest BCUT2D eigenvalue weighted by atomic mass is 10.2. The molecule has 0 saturated heterocycles. The molecule has 0 aliphatic heterocycles. The molecule has 11 heavy (non-hydrogen) atoms. The third-order valence-electron chi connectivity index (χ3n) is 2.04. The van der Waals surface area contributed by atoms with Crippen molar-refractivity contribution in [3.05, 3.63) is 5.82 Å². The quantitative estimate of drug-likeness (QED) is 0.671. The first kappa shape index (κ1) is 6.64. The van der Waals surface area contributed by atoms with Gasteiger partial charge < -0.3 is 5.73 Å². The SMILES string of the molecule is Nc1n[nH]c(CCC2CC2)n1. The maximum atomic E-state index is 5.35. The van der Waals surface area contributed by atoms with Gasteiger partial charge in [-0.2, -0.15) is 4.98 Å². The number of aryl methyl sites for hydroxylation is 1. The smallest absolute Gasteiger partial charge is 0.239 e. The van der Waals surface area contributed by atoms with Crippen molar-refractivity contribution in [2.24, 2.45) is 5.92 Å². The fourth-order valence-corrected chi connectivity index (χ4v) is 1.17. The Bertz CT molecular complexity index is 238. The number of nitrogens with zero attached hydrogens (tertiary/aromatic N) is 2. The van der Waals surface area contributed by atoms with Crippen molar-refractivity contribution < 1.29 is 0 Å². The second-order valence-corrected chi connectivity index (χ2v) is 3.12. The molecule has 0 radical (unpaired) electrons. The van der Waals surface area contributed by atoms with Crippen LogP contribution in [0.2, 0.25) is 0 Å². The molecule has 4 nitrogen and oxygen atoms in total. The Kier molecular flexibility index (Phi) is 1.52. The zero-order valence-electron chi connectivity index (χ0n) is 6.38. The van der Waals surface area contributed by atoms with Gasteiger partial charge in [0.15, 0.2) is 0 Å². The molecule has 1 aliphatic rings. The lowest BCUT2D eigenvalue weighted by Gasteiger charge is -1.91. The Balaban J connectivity index is 1.85. The molecule has 3 N–H and O–H groups in total. The van der Waals surface area contributed by atoms with Crippen LogP contribution in [0.15, 0.2) is 0 Å². The standard InChI is InChI=1S/C7H12N4/c8-7-9-6(10-11-7)4-3-5-1-2-5/h5H,1-4H2,(H3,8,9,10,11). The molecule has 1 aromatic heterocycles. The highest BCUT2D eigenvalue weighted by Crippen LogP contribution is 2.33. The van der Waals surface area contributed by atoms with E-state index in [0.29, 0.717) is 5.95 Å². The first-order valence-electron chi connectivity index (χ1n) is 4.01. The van der Waals surface area contributed by atoms with Crippen molar-refractivity contribution in [3.8, 4) is 0 Å². The van der Waals surface area contributed by atoms with Gasteiger partial charge >= 0.3 is 0 Å². The minimum Gasteiger partial charge on any atom is -0.367 e. The van der Waals surface area contributed by atoms with Crippen molar-refractivity contribution in [2.45, 2.75) is 25.7 Å². The van der Waals surface area contributed by atoms with E-state index in [0.717, 1.165) is 18.2 Å². The molecular formula is C7H12N4. The van der Waals surface area contributed by atoms with Crippen LogP contribution in [0.5, 0.6) is 0 Å². The average Bonchev–Trinajstić information content (AvgIpc) is 2.72. The second kappa shape index (κ2) is 2.53. The molecule has 0 bridgehead atoms. The summed E-state index contributed by atoms with van der Waals surface area (Å²) < 4.78 is 0. The number of aromatic amines is 1. The van der Waals surface area contributed by atoms with Crippen molar-refractivity contribution in [1.29, 1.82) is 0 Å². The summed E-state index contributed by atoms with van der Waals surface area (Å²) in [5.74, 6) is 2.23. The van der Waals surface area contributed by atoms with Gasteiger partial charge in [0.1, 0.15) is 5.82 Å². The van der Waals surface area contributed by atoms with E-state index in [9.17, 15) is 0 Å². The van der Waals surface area contributed by atoms with E-state index in [2.05, 4.69) is 15.2 Å². The van der Waals surface area contributed by atoms with Crippen molar-refractivity contribution in [3.63, 3.8) is 0 Å². The van der Waals surface area contributed by atoms with Gasteiger partial charge in [0.05, 0.1) is 0 Å². The normalized spacial score (nSPS) is 17.1. The minimum atomic E-state index is 0.357. The molecule has 0 unspecified atom stereocenters. The van der Waals surface area contributed by atoms with Crippen LogP contribution in [-0.2, 0) is 6.42 Å². The number of nitrogen functional groups attached to an aromatic ring is 1. The number of nitrogens with two attached hydrogens (primary N) is 1. The fourth-order valence-electron chi connectivity index (χ4n) is 1.17. The van der Waals surface area contributed by atoms with Gasteiger partial charge in [-0.05, 0) is 12.3 Å². The largest absolute Gasteiger partial charge is 0.367 e. The van der Waals surface area contributed by atoms with Crippen LogP contribution in [0.4, 0.5) is 5.95 Å². The van der Waals surface area contributed by atoms with Crippen LogP contribution >= 0.6 is 0 Å². The van der Waals surface area contributed by atoms with Gasteiger partial charge in [0.2, 0.25) is 5.95 Å². The molecule has 1 heterocycles. The van der Waals surface area contributed by atoms with Crippen LogP contribution in [-0.4, -0.2) is 15.2 Å². The molecular weight excluding hydrogens is 140 g/mol. The molecule has 0 spiro atoms. The maximum Gasteiger partial charge on any atom is 0.239 e. The zero-order chi connectivity index (χ0) is 7.68. The Morgan fingerprint density at radius 2 is 2.36 bits per heavy atom. The van der Waals surface area contributed by atoms with Crippen LogP contribution in [0.1, 0.15) is 25.1 Å². The van der Waals surface area contributed by atoms with Crippen molar-refractivity contribution in [1.82, 2.24) is 15.2 Å². The number of hydrogen-bond donors (Lipinski definition) is 2. The van der Waals surface area contributed by atoms with Crippen LogP contribution in [0.25, 0.3) is 0 Å². The van der Waals surface area contributed by atoms with Crippen LogP contribution < -0.4 is 5.73 Å². The molecule has 1 fully saturated rings. The van der Waals surface area contributed by atoms with Gasteiger partial charge in [-0.25, -0.2) is 0 Å². The summed E-state index contributed by atoms with van der Waals surface area (Å²) in [4.78, 5) is 4.02. The molecule has 60 valence electrons. The van der Waals surface area contributed by atoms with E-state index in [4.69, 9.17) is 5.73 Å². The van der Waals surface area contributed by atoms with Gasteiger partial charge in [0, 0.05) is 6.42 Å². The Hall–Kier alpha value is -1.06. The van der Waals surface area contributed by atoms with E-state index in [1.54, 1.807) is 0 Å². The predicted molar refractivity (Wildman–Crippen MR) is 41.8 cm³/mol. The molecule has 1 aliphatic carbocycles.